The van der Waals surface area contributed by atoms with E-state index in [0.29, 0.717) is 3.70 Å². The largest absolute Gasteiger partial charge is 0.573 e. The maximum Gasteiger partial charge on any atom is 0.573 e. The predicted molar refractivity (Wildman–Crippen MR) is 43.6 cm³/mol. The molecule has 0 bridgehead atoms. The van der Waals surface area contributed by atoms with Crippen LogP contribution in [0.25, 0.3) is 0 Å². The average Bonchev–Trinajstić information content (AvgIpc) is 1.91. The molecule has 0 aliphatic heterocycles. The number of hydrogen-bond acceptors (Lipinski definition) is 2. The van der Waals surface area contributed by atoms with E-state index >= 15 is 0 Å². The third-order valence-corrected chi connectivity index (χ3v) is 1.57. The highest BCUT2D eigenvalue weighted by Gasteiger charge is 2.31. The maximum atomic E-state index is 11.6. The van der Waals surface area contributed by atoms with E-state index in [-0.39, 0.29) is 5.75 Å². The Kier molecular flexibility index (Phi) is 2.76. The number of pyridine rings is 1. The number of rotatable bonds is 1. The van der Waals surface area contributed by atoms with Crippen LogP contribution in [0.4, 0.5) is 13.2 Å². The standard InChI is InChI=1S/C6H3F3INO/c7-6(8,9)12-4-1-2-5(10)11-3-4/h1-3H. The Balaban J connectivity index is 2.71. The van der Waals surface area contributed by atoms with Gasteiger partial charge in [0.15, 0.2) is 0 Å². The minimum absolute atomic E-state index is 0.303. The number of hydrogen-bond donors (Lipinski definition) is 0. The average molecular weight is 289 g/mol. The second-order valence-corrected chi connectivity index (χ2v) is 2.97. The van der Waals surface area contributed by atoms with Crippen LogP contribution >= 0.6 is 22.6 Å². The van der Waals surface area contributed by atoms with Crippen LogP contribution in [0.3, 0.4) is 0 Å². The molecule has 1 rings (SSSR count). The summed E-state index contributed by atoms with van der Waals surface area (Å²) in [5.74, 6) is -0.303. The van der Waals surface area contributed by atoms with Gasteiger partial charge in [-0.3, -0.25) is 0 Å². The Morgan fingerprint density at radius 2 is 2.00 bits per heavy atom. The fraction of sp³-hybridized carbons (Fsp3) is 0.167. The summed E-state index contributed by atoms with van der Waals surface area (Å²) in [4.78, 5) is 3.62. The highest BCUT2D eigenvalue weighted by Crippen LogP contribution is 2.21. The van der Waals surface area contributed by atoms with Crippen molar-refractivity contribution in [1.82, 2.24) is 4.98 Å². The lowest BCUT2D eigenvalue weighted by atomic mass is 10.5. The zero-order valence-corrected chi connectivity index (χ0v) is 7.76. The van der Waals surface area contributed by atoms with Crippen LogP contribution in [0.15, 0.2) is 18.3 Å². The van der Waals surface area contributed by atoms with Crippen molar-refractivity contribution in [3.8, 4) is 5.75 Å². The zero-order chi connectivity index (χ0) is 9.19. The third-order valence-electron chi connectivity index (χ3n) is 0.934. The van der Waals surface area contributed by atoms with Crippen LogP contribution in [-0.2, 0) is 0 Å². The van der Waals surface area contributed by atoms with Crippen LogP contribution in [-0.4, -0.2) is 11.3 Å². The lowest BCUT2D eigenvalue weighted by molar-refractivity contribution is -0.274. The SMILES string of the molecule is FC(F)(F)Oc1ccc(I)nc1. The van der Waals surface area contributed by atoms with E-state index in [4.69, 9.17) is 0 Å². The third kappa shape index (κ3) is 3.24. The molecule has 1 aromatic rings. The number of halogens is 4. The van der Waals surface area contributed by atoms with Crippen molar-refractivity contribution < 1.29 is 17.9 Å². The Hall–Kier alpha value is -0.530. The smallest absolute Gasteiger partial charge is 0.404 e. The number of alkyl halides is 3. The molecule has 0 aliphatic rings. The van der Waals surface area contributed by atoms with Crippen LogP contribution in [0, 0.1) is 3.70 Å². The highest BCUT2D eigenvalue weighted by molar-refractivity contribution is 14.1. The van der Waals surface area contributed by atoms with Crippen molar-refractivity contribution in [3.05, 3.63) is 22.0 Å². The molecular weight excluding hydrogens is 286 g/mol. The molecule has 1 heterocycles. The molecule has 12 heavy (non-hydrogen) atoms. The van der Waals surface area contributed by atoms with E-state index in [2.05, 4.69) is 9.72 Å². The normalized spacial score (nSPS) is 11.3. The molecule has 0 aromatic carbocycles. The van der Waals surface area contributed by atoms with E-state index in [1.54, 1.807) is 0 Å². The quantitative estimate of drug-likeness (QED) is 0.585. The lowest BCUT2D eigenvalue weighted by Crippen LogP contribution is -2.17. The molecule has 0 saturated carbocycles. The molecule has 0 atom stereocenters. The molecule has 0 N–H and O–H groups in total. The summed E-state index contributed by atoms with van der Waals surface area (Å²) in [6.07, 6.45) is -3.62. The van der Waals surface area contributed by atoms with Crippen molar-refractivity contribution in [2.24, 2.45) is 0 Å². The van der Waals surface area contributed by atoms with Crippen molar-refractivity contribution >= 4 is 22.6 Å². The van der Waals surface area contributed by atoms with Crippen LogP contribution in [0.2, 0.25) is 0 Å². The molecular formula is C6H3F3INO. The van der Waals surface area contributed by atoms with Crippen LogP contribution in [0.5, 0.6) is 5.75 Å². The fourth-order valence-electron chi connectivity index (χ4n) is 0.556. The van der Waals surface area contributed by atoms with Gasteiger partial charge in [0.2, 0.25) is 0 Å². The number of nitrogens with zero attached hydrogens (tertiary/aromatic N) is 1. The first kappa shape index (κ1) is 9.56. The molecule has 0 spiro atoms. The number of aromatic nitrogens is 1. The molecule has 0 unspecified atom stereocenters. The topological polar surface area (TPSA) is 22.1 Å². The Morgan fingerprint density at radius 3 is 2.42 bits per heavy atom. The number of ether oxygens (including phenoxy) is 1. The van der Waals surface area contributed by atoms with Gasteiger partial charge in [-0.25, -0.2) is 4.98 Å². The minimum atomic E-state index is -4.64. The zero-order valence-electron chi connectivity index (χ0n) is 5.60. The van der Waals surface area contributed by atoms with Gasteiger partial charge in [0.1, 0.15) is 9.45 Å². The van der Waals surface area contributed by atoms with Gasteiger partial charge in [0.25, 0.3) is 0 Å². The van der Waals surface area contributed by atoms with Gasteiger partial charge in [-0.05, 0) is 34.7 Å². The first-order valence-electron chi connectivity index (χ1n) is 2.85. The van der Waals surface area contributed by atoms with E-state index < -0.39 is 6.36 Å². The minimum Gasteiger partial charge on any atom is -0.404 e. The van der Waals surface area contributed by atoms with Crippen LogP contribution < -0.4 is 4.74 Å². The Bertz CT molecular complexity index is 258. The molecule has 0 aliphatic carbocycles. The van der Waals surface area contributed by atoms with E-state index in [9.17, 15) is 13.2 Å². The summed E-state index contributed by atoms with van der Waals surface area (Å²) in [6.45, 7) is 0. The van der Waals surface area contributed by atoms with Gasteiger partial charge >= 0.3 is 6.36 Å². The van der Waals surface area contributed by atoms with Gasteiger partial charge in [-0.1, -0.05) is 0 Å². The molecule has 0 radical (unpaired) electrons. The predicted octanol–water partition coefficient (Wildman–Crippen LogP) is 2.58. The Labute approximate surface area is 79.9 Å². The second-order valence-electron chi connectivity index (χ2n) is 1.86. The molecule has 66 valence electrons. The van der Waals surface area contributed by atoms with E-state index in [0.717, 1.165) is 6.20 Å². The Morgan fingerprint density at radius 1 is 1.33 bits per heavy atom. The van der Waals surface area contributed by atoms with Gasteiger partial charge < -0.3 is 4.74 Å². The van der Waals surface area contributed by atoms with Gasteiger partial charge in [0.05, 0.1) is 6.20 Å². The van der Waals surface area contributed by atoms with E-state index in [1.807, 2.05) is 22.6 Å². The second kappa shape index (κ2) is 3.46. The van der Waals surface area contributed by atoms with Gasteiger partial charge in [0, 0.05) is 0 Å². The molecule has 6 heteroatoms. The first-order chi connectivity index (χ1) is 5.47. The summed E-state index contributed by atoms with van der Waals surface area (Å²) >= 11 is 1.89. The lowest BCUT2D eigenvalue weighted by Gasteiger charge is -2.07. The highest BCUT2D eigenvalue weighted by atomic mass is 127. The fourth-order valence-corrected chi connectivity index (χ4v) is 0.875. The molecule has 1 aromatic heterocycles. The molecule has 2 nitrogen and oxygen atoms in total. The van der Waals surface area contributed by atoms with E-state index in [1.165, 1.54) is 12.1 Å². The monoisotopic (exact) mass is 289 g/mol. The summed E-state index contributed by atoms with van der Waals surface area (Å²) < 4.78 is 39.0. The van der Waals surface area contributed by atoms with Crippen molar-refractivity contribution in [2.75, 3.05) is 0 Å². The van der Waals surface area contributed by atoms with Crippen molar-refractivity contribution in [1.29, 1.82) is 0 Å². The molecule has 0 saturated heterocycles. The molecule has 0 amide bonds. The maximum absolute atomic E-state index is 11.6. The van der Waals surface area contributed by atoms with Gasteiger partial charge in [-0.15, -0.1) is 13.2 Å². The van der Waals surface area contributed by atoms with Crippen LogP contribution in [0.1, 0.15) is 0 Å². The molecule has 0 fully saturated rings. The summed E-state index contributed by atoms with van der Waals surface area (Å²) in [7, 11) is 0. The summed E-state index contributed by atoms with van der Waals surface area (Å²) in [6, 6.07) is 2.64. The first-order valence-corrected chi connectivity index (χ1v) is 3.92. The summed E-state index contributed by atoms with van der Waals surface area (Å²) in [5.41, 5.74) is 0. The van der Waals surface area contributed by atoms with Crippen molar-refractivity contribution in [2.45, 2.75) is 6.36 Å². The van der Waals surface area contributed by atoms with Crippen molar-refractivity contribution in [3.63, 3.8) is 0 Å². The van der Waals surface area contributed by atoms with Gasteiger partial charge in [-0.2, -0.15) is 0 Å². The summed E-state index contributed by atoms with van der Waals surface area (Å²) in [5, 5.41) is 0.